The predicted octanol–water partition coefficient (Wildman–Crippen LogP) is 6.68. The molecule has 2 amide bonds. The number of amides is 2. The first-order valence-corrected chi connectivity index (χ1v) is 12.7. The van der Waals surface area contributed by atoms with Gasteiger partial charge in [0, 0.05) is 5.39 Å². The second kappa shape index (κ2) is 11.4. The van der Waals surface area contributed by atoms with Gasteiger partial charge in [0.25, 0.3) is 11.1 Å². The van der Waals surface area contributed by atoms with Gasteiger partial charge in [-0.1, -0.05) is 54.6 Å². The van der Waals surface area contributed by atoms with Crippen molar-refractivity contribution in [2.24, 2.45) is 0 Å². The minimum Gasteiger partial charge on any atom is -0.493 e. The largest absolute Gasteiger partial charge is 0.493 e. The fourth-order valence-corrected chi connectivity index (χ4v) is 4.91. The number of fused-ring (bicyclic) bond motifs is 1. The molecule has 192 valence electrons. The molecule has 0 saturated carbocycles. The second-order valence-corrected chi connectivity index (χ2v) is 9.48. The fraction of sp³-hybridized carbons (Fsp3) is 0.133. The number of benzene rings is 4. The van der Waals surface area contributed by atoms with Crippen molar-refractivity contribution >= 4 is 39.8 Å². The van der Waals surface area contributed by atoms with Crippen LogP contribution in [0.15, 0.2) is 89.8 Å². The number of thioether (sulfide) groups is 1. The Morgan fingerprint density at radius 3 is 2.47 bits per heavy atom. The van der Waals surface area contributed by atoms with E-state index in [-0.39, 0.29) is 36.7 Å². The summed E-state index contributed by atoms with van der Waals surface area (Å²) in [6.07, 6.45) is 1.66. The van der Waals surface area contributed by atoms with Gasteiger partial charge in [-0.05, 0) is 64.7 Å². The van der Waals surface area contributed by atoms with Crippen molar-refractivity contribution in [1.82, 2.24) is 4.90 Å². The molecular weight excluding hydrogens is 505 g/mol. The molecule has 6 nitrogen and oxygen atoms in total. The Morgan fingerprint density at radius 2 is 1.66 bits per heavy atom. The molecule has 0 unspecified atom stereocenters. The first kappa shape index (κ1) is 25.4. The number of nitrogens with zero attached hydrogens (tertiary/aromatic N) is 1. The van der Waals surface area contributed by atoms with Gasteiger partial charge in [-0.3, -0.25) is 14.5 Å². The van der Waals surface area contributed by atoms with E-state index in [0.717, 1.165) is 28.1 Å². The Kier molecular flexibility index (Phi) is 7.60. The highest BCUT2D eigenvalue weighted by molar-refractivity contribution is 8.18. The number of carbonyl (C=O) groups is 2. The summed E-state index contributed by atoms with van der Waals surface area (Å²) >= 11 is 0.892. The summed E-state index contributed by atoms with van der Waals surface area (Å²) in [6.45, 7) is 0.577. The lowest BCUT2D eigenvalue weighted by Gasteiger charge is -2.14. The number of hydrogen-bond acceptors (Lipinski definition) is 6. The van der Waals surface area contributed by atoms with Crippen molar-refractivity contribution in [3.63, 3.8) is 0 Å². The Balaban J connectivity index is 1.23. The lowest BCUT2D eigenvalue weighted by molar-refractivity contribution is -0.123. The highest BCUT2D eigenvalue weighted by Gasteiger charge is 2.34. The van der Waals surface area contributed by atoms with Gasteiger partial charge < -0.3 is 14.2 Å². The number of halogens is 1. The minimum atomic E-state index is -0.364. The zero-order valence-corrected chi connectivity index (χ0v) is 21.4. The highest BCUT2D eigenvalue weighted by atomic mass is 32.2. The van der Waals surface area contributed by atoms with Gasteiger partial charge in [0.2, 0.25) is 0 Å². The molecule has 1 aliphatic heterocycles. The Morgan fingerprint density at radius 1 is 0.868 bits per heavy atom. The molecule has 0 radical (unpaired) electrons. The van der Waals surface area contributed by atoms with Gasteiger partial charge in [-0.25, -0.2) is 4.39 Å². The van der Waals surface area contributed by atoms with Crippen LogP contribution in [0.5, 0.6) is 17.2 Å². The highest BCUT2D eigenvalue weighted by Crippen LogP contribution is 2.35. The minimum absolute atomic E-state index is 0.144. The van der Waals surface area contributed by atoms with Crippen LogP contribution in [0.3, 0.4) is 0 Å². The molecule has 0 N–H and O–H groups in total. The van der Waals surface area contributed by atoms with Crippen molar-refractivity contribution in [2.75, 3.05) is 20.3 Å². The first-order chi connectivity index (χ1) is 18.5. The summed E-state index contributed by atoms with van der Waals surface area (Å²) in [5, 5.41) is 1.69. The standard InChI is InChI=1S/C30H24FNO5S/c1-35-27-17-21(11-14-26(27)37-19-20-9-12-23(31)13-10-20)18-28-29(33)32(30(34)38-28)15-16-36-25-8-4-6-22-5-2-3-7-24(22)25/h2-14,17-18H,15-16,19H2,1H3/b28-18-. The molecular formula is C30H24FNO5S. The molecule has 5 rings (SSSR count). The van der Waals surface area contributed by atoms with E-state index in [2.05, 4.69) is 0 Å². The van der Waals surface area contributed by atoms with E-state index >= 15 is 0 Å². The molecule has 4 aromatic carbocycles. The van der Waals surface area contributed by atoms with E-state index in [9.17, 15) is 14.0 Å². The molecule has 1 aliphatic rings. The first-order valence-electron chi connectivity index (χ1n) is 11.9. The fourth-order valence-electron chi connectivity index (χ4n) is 4.05. The van der Waals surface area contributed by atoms with Gasteiger partial charge in [-0.2, -0.15) is 0 Å². The smallest absolute Gasteiger partial charge is 0.293 e. The average molecular weight is 530 g/mol. The van der Waals surface area contributed by atoms with Gasteiger partial charge in [0.1, 0.15) is 24.8 Å². The van der Waals surface area contributed by atoms with E-state index in [4.69, 9.17) is 14.2 Å². The molecule has 0 atom stereocenters. The summed E-state index contributed by atoms with van der Waals surface area (Å²) in [4.78, 5) is 27.0. The maximum absolute atomic E-state index is 13.1. The summed E-state index contributed by atoms with van der Waals surface area (Å²) < 4.78 is 30.3. The van der Waals surface area contributed by atoms with Gasteiger partial charge >= 0.3 is 0 Å². The normalized spacial score (nSPS) is 14.4. The number of carbonyl (C=O) groups excluding carboxylic acids is 2. The van der Waals surface area contributed by atoms with Crippen molar-refractivity contribution in [2.45, 2.75) is 6.61 Å². The van der Waals surface area contributed by atoms with Crippen molar-refractivity contribution in [1.29, 1.82) is 0 Å². The summed E-state index contributed by atoms with van der Waals surface area (Å²) in [6, 6.07) is 25.0. The monoisotopic (exact) mass is 529 g/mol. The maximum atomic E-state index is 13.1. The zero-order chi connectivity index (χ0) is 26.5. The van der Waals surface area contributed by atoms with E-state index < -0.39 is 0 Å². The summed E-state index contributed by atoms with van der Waals surface area (Å²) in [5.41, 5.74) is 1.50. The molecule has 0 spiro atoms. The van der Waals surface area contributed by atoms with Crippen LogP contribution in [-0.2, 0) is 11.4 Å². The van der Waals surface area contributed by atoms with Crippen LogP contribution in [0, 0.1) is 5.82 Å². The van der Waals surface area contributed by atoms with Crippen LogP contribution in [-0.4, -0.2) is 36.3 Å². The molecule has 1 saturated heterocycles. The van der Waals surface area contributed by atoms with E-state index in [1.165, 1.54) is 24.1 Å². The van der Waals surface area contributed by atoms with Crippen LogP contribution in [0.4, 0.5) is 9.18 Å². The lowest BCUT2D eigenvalue weighted by atomic mass is 10.1. The van der Waals surface area contributed by atoms with Crippen molar-refractivity contribution in [3.05, 3.63) is 107 Å². The van der Waals surface area contributed by atoms with E-state index in [1.807, 2.05) is 42.5 Å². The Hall–Kier alpha value is -4.30. The van der Waals surface area contributed by atoms with Crippen LogP contribution in [0.1, 0.15) is 11.1 Å². The van der Waals surface area contributed by atoms with Crippen LogP contribution in [0.2, 0.25) is 0 Å². The van der Waals surface area contributed by atoms with Gasteiger partial charge in [-0.15, -0.1) is 0 Å². The number of hydrogen-bond donors (Lipinski definition) is 0. The van der Waals surface area contributed by atoms with E-state index in [1.54, 1.807) is 36.4 Å². The van der Waals surface area contributed by atoms with Crippen LogP contribution in [0.25, 0.3) is 16.8 Å². The third-order valence-electron chi connectivity index (χ3n) is 5.99. The molecule has 1 heterocycles. The zero-order valence-electron chi connectivity index (χ0n) is 20.6. The van der Waals surface area contributed by atoms with Crippen molar-refractivity contribution in [3.8, 4) is 17.2 Å². The number of imide groups is 1. The predicted molar refractivity (Wildman–Crippen MR) is 146 cm³/mol. The molecule has 0 aromatic heterocycles. The summed E-state index contributed by atoms with van der Waals surface area (Å²) in [5.74, 6) is 1.02. The van der Waals surface area contributed by atoms with E-state index in [0.29, 0.717) is 27.7 Å². The third kappa shape index (κ3) is 5.65. The lowest BCUT2D eigenvalue weighted by Crippen LogP contribution is -2.32. The Labute approximate surface area is 223 Å². The topological polar surface area (TPSA) is 65.1 Å². The average Bonchev–Trinajstić information content (AvgIpc) is 3.20. The van der Waals surface area contributed by atoms with Gasteiger partial charge in [0.05, 0.1) is 18.6 Å². The van der Waals surface area contributed by atoms with Gasteiger partial charge in [0.15, 0.2) is 11.5 Å². The maximum Gasteiger partial charge on any atom is 0.293 e. The van der Waals surface area contributed by atoms with Crippen LogP contribution >= 0.6 is 11.8 Å². The molecule has 0 aliphatic carbocycles. The number of ether oxygens (including phenoxy) is 3. The SMILES string of the molecule is COc1cc(/C=C2\SC(=O)N(CCOc3cccc4ccccc34)C2=O)ccc1OCc1ccc(F)cc1. The molecule has 38 heavy (non-hydrogen) atoms. The number of methoxy groups -OCH3 is 1. The quantitative estimate of drug-likeness (QED) is 0.225. The molecule has 8 heteroatoms. The second-order valence-electron chi connectivity index (χ2n) is 8.48. The van der Waals surface area contributed by atoms with Crippen LogP contribution < -0.4 is 14.2 Å². The Bertz CT molecular complexity index is 1510. The molecule has 0 bridgehead atoms. The van der Waals surface area contributed by atoms with Crippen molar-refractivity contribution < 1.29 is 28.2 Å². The molecule has 1 fully saturated rings. The number of rotatable bonds is 9. The molecule has 4 aromatic rings. The summed E-state index contributed by atoms with van der Waals surface area (Å²) in [7, 11) is 1.52. The third-order valence-corrected chi connectivity index (χ3v) is 6.90.